The maximum absolute atomic E-state index is 13.7. The molecule has 196 valence electrons. The zero-order chi connectivity index (χ0) is 26.6. The Balaban J connectivity index is 1.57. The summed E-state index contributed by atoms with van der Waals surface area (Å²) in [6, 6.07) is 11.1. The van der Waals surface area contributed by atoms with E-state index in [-0.39, 0.29) is 42.7 Å². The van der Waals surface area contributed by atoms with E-state index in [2.05, 4.69) is 34.5 Å². The number of sulfone groups is 1. The monoisotopic (exact) mass is 524 g/mol. The lowest BCUT2D eigenvalue weighted by Gasteiger charge is -2.31. The van der Waals surface area contributed by atoms with Gasteiger partial charge in [-0.3, -0.25) is 9.59 Å². The summed E-state index contributed by atoms with van der Waals surface area (Å²) in [7, 11) is -3.12. The molecule has 0 aliphatic carbocycles. The van der Waals surface area contributed by atoms with Crippen LogP contribution < -0.4 is 10.2 Å². The Bertz CT molecular complexity index is 1330. The van der Waals surface area contributed by atoms with E-state index in [1.54, 1.807) is 24.3 Å². The average molecular weight is 525 g/mol. The minimum atomic E-state index is -3.12. The van der Waals surface area contributed by atoms with Gasteiger partial charge in [-0.25, -0.2) is 8.42 Å². The van der Waals surface area contributed by atoms with Crippen molar-refractivity contribution in [2.75, 3.05) is 28.3 Å². The van der Waals surface area contributed by atoms with Crippen molar-refractivity contribution in [3.05, 3.63) is 59.5 Å². The van der Waals surface area contributed by atoms with Gasteiger partial charge in [-0.05, 0) is 74.1 Å². The predicted molar refractivity (Wildman–Crippen MR) is 142 cm³/mol. The number of benzene rings is 2. The molecule has 2 heterocycles. The zero-order valence-electron chi connectivity index (χ0n) is 21.4. The molecule has 0 saturated carbocycles. The van der Waals surface area contributed by atoms with E-state index in [1.165, 1.54) is 16.9 Å². The van der Waals surface area contributed by atoms with Gasteiger partial charge in [-0.15, -0.1) is 0 Å². The number of anilines is 2. The summed E-state index contributed by atoms with van der Waals surface area (Å²) in [6.07, 6.45) is 3.71. The van der Waals surface area contributed by atoms with E-state index in [0.29, 0.717) is 17.2 Å². The van der Waals surface area contributed by atoms with Crippen LogP contribution in [0.1, 0.15) is 42.9 Å². The number of hydrogen-bond acceptors (Lipinski definition) is 7. The lowest BCUT2D eigenvalue weighted by atomic mass is 9.97. The quantitative estimate of drug-likeness (QED) is 0.471. The Labute approximate surface area is 217 Å². The van der Waals surface area contributed by atoms with Crippen molar-refractivity contribution in [2.45, 2.75) is 46.5 Å². The van der Waals surface area contributed by atoms with Gasteiger partial charge in [0.05, 0.1) is 17.2 Å². The molecule has 0 unspecified atom stereocenters. The molecule has 0 bridgehead atoms. The fourth-order valence-corrected chi connectivity index (χ4v) is 6.36. The lowest BCUT2D eigenvalue weighted by molar-refractivity contribution is -0.124. The first kappa shape index (κ1) is 26.5. The molecule has 1 saturated heterocycles. The van der Waals surface area contributed by atoms with E-state index in [9.17, 15) is 18.0 Å². The third-order valence-corrected chi connectivity index (χ3v) is 8.33. The average Bonchev–Trinajstić information content (AvgIpc) is 3.38. The maximum Gasteiger partial charge on any atom is 0.244 e. The van der Waals surface area contributed by atoms with E-state index >= 15 is 0 Å². The number of carbonyl (C=O) groups is 2. The number of rotatable bonds is 8. The molecule has 1 fully saturated rings. The molecular formula is C27H32N4O5S. The van der Waals surface area contributed by atoms with Crippen molar-refractivity contribution in [1.29, 1.82) is 0 Å². The Morgan fingerprint density at radius 2 is 1.73 bits per heavy atom. The molecule has 1 N–H and O–H groups in total. The smallest absolute Gasteiger partial charge is 0.244 e. The summed E-state index contributed by atoms with van der Waals surface area (Å²) in [6.45, 7) is 5.83. The van der Waals surface area contributed by atoms with Gasteiger partial charge in [0.1, 0.15) is 16.4 Å². The maximum atomic E-state index is 13.7. The molecule has 9 nitrogen and oxygen atoms in total. The van der Waals surface area contributed by atoms with Gasteiger partial charge in [0.15, 0.2) is 0 Å². The van der Waals surface area contributed by atoms with Crippen LogP contribution in [0.15, 0.2) is 47.3 Å². The molecule has 0 spiro atoms. The van der Waals surface area contributed by atoms with Crippen LogP contribution in [0, 0.1) is 19.8 Å². The number of aryl methyl sites for hydroxylation is 3. The molecule has 10 heteroatoms. The minimum Gasteiger partial charge on any atom is -0.342 e. The fourth-order valence-electron chi connectivity index (χ4n) is 4.87. The SMILES string of the molecule is CCCc1cc(C)c(N(CC(=O)Nc2ccc(-c3ncon3)cc2)C(=O)C2CCS(=O)(=O)CC2)c(C)c1. The van der Waals surface area contributed by atoms with Crippen molar-refractivity contribution in [2.24, 2.45) is 5.92 Å². The minimum absolute atomic E-state index is 0.0103. The van der Waals surface area contributed by atoms with Crippen LogP contribution in [-0.2, 0) is 25.8 Å². The zero-order valence-corrected chi connectivity index (χ0v) is 22.2. The van der Waals surface area contributed by atoms with E-state index < -0.39 is 15.8 Å². The van der Waals surface area contributed by atoms with Crippen molar-refractivity contribution in [3.63, 3.8) is 0 Å². The molecule has 1 aliphatic heterocycles. The molecule has 0 atom stereocenters. The first-order valence-corrected chi connectivity index (χ1v) is 14.3. The standard InChI is InChI=1S/C27H32N4O5S/c1-4-5-20-14-18(2)25(19(3)15-20)31(27(33)22-10-12-37(34,35)13-11-22)16-24(32)29-23-8-6-21(7-9-23)26-28-17-36-30-26/h6-9,14-15,17,22H,4-5,10-13,16H2,1-3H3,(H,29,32). The Hall–Kier alpha value is -3.53. The van der Waals surface area contributed by atoms with Crippen molar-refractivity contribution >= 4 is 33.0 Å². The van der Waals surface area contributed by atoms with Crippen LogP contribution in [0.5, 0.6) is 0 Å². The summed E-state index contributed by atoms with van der Waals surface area (Å²) >= 11 is 0. The number of nitrogens with zero attached hydrogens (tertiary/aromatic N) is 3. The number of nitrogens with one attached hydrogen (secondary N) is 1. The van der Waals surface area contributed by atoms with Gasteiger partial charge < -0.3 is 14.7 Å². The molecule has 37 heavy (non-hydrogen) atoms. The van der Waals surface area contributed by atoms with E-state index in [1.807, 2.05) is 13.8 Å². The third-order valence-electron chi connectivity index (χ3n) is 6.62. The largest absolute Gasteiger partial charge is 0.342 e. The second kappa shape index (κ2) is 11.2. The molecule has 4 rings (SSSR count). The van der Waals surface area contributed by atoms with Crippen LogP contribution in [-0.4, -0.2) is 48.4 Å². The van der Waals surface area contributed by atoms with Gasteiger partial charge in [-0.1, -0.05) is 30.6 Å². The normalized spacial score (nSPS) is 15.3. The van der Waals surface area contributed by atoms with Gasteiger partial charge in [0.2, 0.25) is 24.0 Å². The van der Waals surface area contributed by atoms with Crippen LogP contribution in [0.3, 0.4) is 0 Å². The Kier molecular flexibility index (Phi) is 8.06. The van der Waals surface area contributed by atoms with Crippen molar-refractivity contribution in [3.8, 4) is 11.4 Å². The molecule has 1 aromatic heterocycles. The van der Waals surface area contributed by atoms with Gasteiger partial charge in [-0.2, -0.15) is 4.98 Å². The summed E-state index contributed by atoms with van der Waals surface area (Å²) in [5.74, 6) is -0.582. The van der Waals surface area contributed by atoms with Crippen LogP contribution in [0.25, 0.3) is 11.4 Å². The van der Waals surface area contributed by atoms with Gasteiger partial charge in [0.25, 0.3) is 0 Å². The predicted octanol–water partition coefficient (Wildman–Crippen LogP) is 4.10. The fraction of sp³-hybridized carbons (Fsp3) is 0.407. The third kappa shape index (κ3) is 6.43. The molecule has 2 amide bonds. The first-order chi connectivity index (χ1) is 17.7. The topological polar surface area (TPSA) is 122 Å². The summed E-state index contributed by atoms with van der Waals surface area (Å²) in [5, 5.41) is 6.66. The molecule has 0 radical (unpaired) electrons. The van der Waals surface area contributed by atoms with Crippen molar-refractivity contribution < 1.29 is 22.5 Å². The summed E-state index contributed by atoms with van der Waals surface area (Å²) in [5.41, 5.74) is 5.04. The highest BCUT2D eigenvalue weighted by atomic mass is 32.2. The van der Waals surface area contributed by atoms with Crippen LogP contribution >= 0.6 is 0 Å². The first-order valence-electron chi connectivity index (χ1n) is 12.5. The highest BCUT2D eigenvalue weighted by molar-refractivity contribution is 7.91. The van der Waals surface area contributed by atoms with E-state index in [4.69, 9.17) is 4.52 Å². The van der Waals surface area contributed by atoms with E-state index in [0.717, 1.165) is 29.5 Å². The van der Waals surface area contributed by atoms with Crippen molar-refractivity contribution in [1.82, 2.24) is 10.1 Å². The Morgan fingerprint density at radius 1 is 1.08 bits per heavy atom. The molecule has 3 aromatic rings. The second-order valence-corrected chi connectivity index (χ2v) is 11.9. The number of carbonyl (C=O) groups excluding carboxylic acids is 2. The highest BCUT2D eigenvalue weighted by Crippen LogP contribution is 2.31. The highest BCUT2D eigenvalue weighted by Gasteiger charge is 2.33. The number of amides is 2. The van der Waals surface area contributed by atoms with Gasteiger partial charge in [0, 0.05) is 17.2 Å². The van der Waals surface area contributed by atoms with Crippen LogP contribution in [0.4, 0.5) is 11.4 Å². The van der Waals surface area contributed by atoms with Crippen LogP contribution in [0.2, 0.25) is 0 Å². The summed E-state index contributed by atoms with van der Waals surface area (Å²) in [4.78, 5) is 32.4. The molecule has 2 aromatic carbocycles. The van der Waals surface area contributed by atoms with Gasteiger partial charge >= 0.3 is 0 Å². The molecule has 1 aliphatic rings. The number of aromatic nitrogens is 2. The second-order valence-electron chi connectivity index (χ2n) is 9.56. The number of hydrogen-bond donors (Lipinski definition) is 1. The summed E-state index contributed by atoms with van der Waals surface area (Å²) < 4.78 is 28.7. The molecular weight excluding hydrogens is 492 g/mol. The lowest BCUT2D eigenvalue weighted by Crippen LogP contribution is -2.44. The Morgan fingerprint density at radius 3 is 2.30 bits per heavy atom.